The normalized spacial score (nSPS) is 10.7. The van der Waals surface area contributed by atoms with Crippen LogP contribution in [0.2, 0.25) is 0 Å². The van der Waals surface area contributed by atoms with E-state index in [1.165, 1.54) is 11.3 Å². The largest absolute Gasteiger partial charge is 0.508 e. The highest BCUT2D eigenvalue weighted by molar-refractivity contribution is 7.07. The van der Waals surface area contributed by atoms with E-state index in [2.05, 4.69) is 15.1 Å². The van der Waals surface area contributed by atoms with Crippen LogP contribution in [0.1, 0.15) is 5.56 Å². The van der Waals surface area contributed by atoms with E-state index in [0.717, 1.165) is 5.56 Å². The lowest BCUT2D eigenvalue weighted by atomic mass is 10.1. The van der Waals surface area contributed by atoms with Crippen LogP contribution < -0.4 is 0 Å². The average molecular weight is 259 g/mol. The molecular formula is C12H9N3O2S. The molecule has 18 heavy (non-hydrogen) atoms. The van der Waals surface area contributed by atoms with Gasteiger partial charge in [-0.05, 0) is 19.1 Å². The van der Waals surface area contributed by atoms with Crippen LogP contribution in [0.5, 0.6) is 5.75 Å². The van der Waals surface area contributed by atoms with E-state index >= 15 is 0 Å². The first-order valence-corrected chi connectivity index (χ1v) is 6.21. The van der Waals surface area contributed by atoms with Gasteiger partial charge in [0, 0.05) is 16.5 Å². The standard InChI is InChI=1S/C12H9N3O2S/c1-7-8(3-2-4-10(7)16)12-14-11(15-17-12)9-5-18-6-13-9/h2-6,16H,1H3. The minimum atomic E-state index is 0.209. The van der Waals surface area contributed by atoms with E-state index in [-0.39, 0.29) is 5.75 Å². The third-order valence-electron chi connectivity index (χ3n) is 2.62. The molecule has 0 aliphatic carbocycles. The number of thiazole rings is 1. The van der Waals surface area contributed by atoms with Gasteiger partial charge >= 0.3 is 0 Å². The van der Waals surface area contributed by atoms with E-state index in [9.17, 15) is 5.11 Å². The first-order chi connectivity index (χ1) is 8.75. The number of rotatable bonds is 2. The summed E-state index contributed by atoms with van der Waals surface area (Å²) in [7, 11) is 0. The molecule has 1 N–H and O–H groups in total. The van der Waals surface area contributed by atoms with Crippen LogP contribution in [0.25, 0.3) is 23.0 Å². The number of hydrogen-bond acceptors (Lipinski definition) is 6. The van der Waals surface area contributed by atoms with Crippen molar-refractivity contribution in [2.75, 3.05) is 0 Å². The second kappa shape index (κ2) is 4.23. The quantitative estimate of drug-likeness (QED) is 0.766. The monoisotopic (exact) mass is 259 g/mol. The molecule has 0 atom stereocenters. The summed E-state index contributed by atoms with van der Waals surface area (Å²) in [6.07, 6.45) is 0. The number of aromatic hydroxyl groups is 1. The first-order valence-electron chi connectivity index (χ1n) is 5.27. The van der Waals surface area contributed by atoms with Crippen molar-refractivity contribution < 1.29 is 9.63 Å². The maximum absolute atomic E-state index is 9.65. The lowest BCUT2D eigenvalue weighted by Gasteiger charge is -2.01. The number of phenolic OH excluding ortho intramolecular Hbond substituents is 1. The van der Waals surface area contributed by atoms with Crippen LogP contribution in [0.4, 0.5) is 0 Å². The van der Waals surface area contributed by atoms with Gasteiger partial charge in [-0.25, -0.2) is 4.98 Å². The third kappa shape index (κ3) is 1.76. The number of benzene rings is 1. The van der Waals surface area contributed by atoms with Crippen molar-refractivity contribution in [2.24, 2.45) is 0 Å². The molecule has 2 heterocycles. The minimum Gasteiger partial charge on any atom is -0.508 e. The van der Waals surface area contributed by atoms with Crippen molar-refractivity contribution in [3.63, 3.8) is 0 Å². The lowest BCUT2D eigenvalue weighted by Crippen LogP contribution is -1.84. The number of hydrogen-bond donors (Lipinski definition) is 1. The zero-order valence-electron chi connectivity index (χ0n) is 9.49. The Kier molecular flexibility index (Phi) is 2.56. The highest BCUT2D eigenvalue weighted by atomic mass is 32.1. The third-order valence-corrected chi connectivity index (χ3v) is 3.21. The molecule has 6 heteroatoms. The second-order valence-electron chi connectivity index (χ2n) is 3.75. The number of phenols is 1. The van der Waals surface area contributed by atoms with Gasteiger partial charge in [0.15, 0.2) is 0 Å². The Morgan fingerprint density at radius 2 is 2.22 bits per heavy atom. The van der Waals surface area contributed by atoms with Crippen LogP contribution in [-0.4, -0.2) is 20.2 Å². The average Bonchev–Trinajstić information content (AvgIpc) is 3.01. The topological polar surface area (TPSA) is 72.0 Å². The summed E-state index contributed by atoms with van der Waals surface area (Å²) in [6.45, 7) is 1.80. The highest BCUT2D eigenvalue weighted by Crippen LogP contribution is 2.29. The molecule has 0 aliphatic rings. The molecule has 0 saturated heterocycles. The van der Waals surface area contributed by atoms with Crippen molar-refractivity contribution in [3.05, 3.63) is 34.7 Å². The molecule has 0 bridgehead atoms. The number of nitrogens with zero attached hydrogens (tertiary/aromatic N) is 3. The summed E-state index contributed by atoms with van der Waals surface area (Å²) < 4.78 is 5.20. The van der Waals surface area contributed by atoms with Crippen LogP contribution in [-0.2, 0) is 0 Å². The highest BCUT2D eigenvalue weighted by Gasteiger charge is 2.14. The van der Waals surface area contributed by atoms with Gasteiger partial charge in [0.05, 0.1) is 5.51 Å². The summed E-state index contributed by atoms with van der Waals surface area (Å²) in [4.78, 5) is 8.40. The van der Waals surface area contributed by atoms with E-state index in [1.54, 1.807) is 24.6 Å². The van der Waals surface area contributed by atoms with E-state index < -0.39 is 0 Å². The SMILES string of the molecule is Cc1c(O)cccc1-c1nc(-c2cscn2)no1. The van der Waals surface area contributed by atoms with Gasteiger partial charge in [-0.1, -0.05) is 11.2 Å². The Balaban J connectivity index is 2.06. The first kappa shape index (κ1) is 10.9. The fourth-order valence-corrected chi connectivity index (χ4v) is 2.15. The molecular weight excluding hydrogens is 250 g/mol. The van der Waals surface area contributed by atoms with Crippen molar-refractivity contribution in [1.82, 2.24) is 15.1 Å². The fraction of sp³-hybridized carbons (Fsp3) is 0.0833. The zero-order valence-corrected chi connectivity index (χ0v) is 10.3. The Hall–Kier alpha value is -2.21. The molecule has 0 amide bonds. The van der Waals surface area contributed by atoms with Crippen LogP contribution in [0, 0.1) is 6.92 Å². The fourth-order valence-electron chi connectivity index (χ4n) is 1.62. The Morgan fingerprint density at radius 1 is 1.33 bits per heavy atom. The summed E-state index contributed by atoms with van der Waals surface area (Å²) in [5.41, 5.74) is 3.84. The van der Waals surface area contributed by atoms with E-state index in [0.29, 0.717) is 23.0 Å². The molecule has 0 radical (unpaired) electrons. The summed E-state index contributed by atoms with van der Waals surface area (Å²) in [5.74, 6) is 1.04. The van der Waals surface area contributed by atoms with Crippen LogP contribution >= 0.6 is 11.3 Å². The summed E-state index contributed by atoms with van der Waals surface area (Å²) in [5, 5.41) is 15.4. The molecule has 3 aromatic rings. The molecule has 0 spiro atoms. The smallest absolute Gasteiger partial charge is 0.258 e. The molecule has 0 saturated carbocycles. The van der Waals surface area contributed by atoms with Crippen LogP contribution in [0.15, 0.2) is 33.6 Å². The van der Waals surface area contributed by atoms with Crippen molar-refractivity contribution >= 4 is 11.3 Å². The Morgan fingerprint density at radius 3 is 3.00 bits per heavy atom. The van der Waals surface area contributed by atoms with Gasteiger partial charge in [0.2, 0.25) is 5.82 Å². The van der Waals surface area contributed by atoms with Crippen LogP contribution in [0.3, 0.4) is 0 Å². The van der Waals surface area contributed by atoms with Gasteiger partial charge in [0.25, 0.3) is 5.89 Å². The van der Waals surface area contributed by atoms with E-state index in [1.807, 2.05) is 11.4 Å². The maximum atomic E-state index is 9.65. The summed E-state index contributed by atoms with van der Waals surface area (Å²) >= 11 is 1.47. The Labute approximate surface area is 107 Å². The predicted octanol–water partition coefficient (Wildman–Crippen LogP) is 2.87. The second-order valence-corrected chi connectivity index (χ2v) is 4.47. The van der Waals surface area contributed by atoms with Gasteiger partial charge < -0.3 is 9.63 Å². The molecule has 0 fully saturated rings. The maximum Gasteiger partial charge on any atom is 0.258 e. The molecule has 90 valence electrons. The minimum absolute atomic E-state index is 0.209. The predicted molar refractivity (Wildman–Crippen MR) is 67.2 cm³/mol. The lowest BCUT2D eigenvalue weighted by molar-refractivity contribution is 0.430. The van der Waals surface area contributed by atoms with E-state index in [4.69, 9.17) is 4.52 Å². The van der Waals surface area contributed by atoms with Crippen molar-refractivity contribution in [1.29, 1.82) is 0 Å². The number of aromatic nitrogens is 3. The zero-order chi connectivity index (χ0) is 12.5. The molecule has 2 aromatic heterocycles. The Bertz CT molecular complexity index is 676. The van der Waals surface area contributed by atoms with Gasteiger partial charge in [0.1, 0.15) is 11.4 Å². The van der Waals surface area contributed by atoms with Gasteiger partial charge in [-0.15, -0.1) is 11.3 Å². The van der Waals surface area contributed by atoms with Gasteiger partial charge in [-0.2, -0.15) is 4.98 Å². The summed E-state index contributed by atoms with van der Waals surface area (Å²) in [6, 6.07) is 5.19. The molecule has 3 rings (SSSR count). The molecule has 0 aliphatic heterocycles. The van der Waals surface area contributed by atoms with Crippen molar-refractivity contribution in [3.8, 4) is 28.7 Å². The van der Waals surface area contributed by atoms with Gasteiger partial charge in [-0.3, -0.25) is 0 Å². The van der Waals surface area contributed by atoms with Crippen molar-refractivity contribution in [2.45, 2.75) is 6.92 Å². The molecule has 1 aromatic carbocycles. The molecule has 0 unspecified atom stereocenters. The molecule has 5 nitrogen and oxygen atoms in total.